The number of piperidine rings is 1. The summed E-state index contributed by atoms with van der Waals surface area (Å²) < 4.78 is 14.5. The molecule has 0 aromatic heterocycles. The summed E-state index contributed by atoms with van der Waals surface area (Å²) in [6.07, 6.45) is 4.93. The first-order chi connectivity index (χ1) is 9.72. The van der Waals surface area contributed by atoms with Crippen molar-refractivity contribution in [1.82, 2.24) is 10.2 Å². The second kappa shape index (κ2) is 6.54. The molecule has 2 aliphatic heterocycles. The van der Waals surface area contributed by atoms with Crippen LogP contribution < -0.4 is 5.32 Å². The molecule has 0 amide bonds. The number of nitrogens with zero attached hydrogens (tertiary/aromatic N) is 1. The van der Waals surface area contributed by atoms with Crippen LogP contribution in [0.5, 0.6) is 0 Å². The highest BCUT2D eigenvalue weighted by atomic mass is 79.9. The molecule has 2 heterocycles. The molecule has 4 heteroatoms. The number of benzene rings is 1. The molecule has 0 aliphatic carbocycles. The second-order valence-corrected chi connectivity index (χ2v) is 6.96. The van der Waals surface area contributed by atoms with Crippen LogP contribution in [0.3, 0.4) is 0 Å². The summed E-state index contributed by atoms with van der Waals surface area (Å²) in [7, 11) is 0. The molecule has 1 aromatic carbocycles. The van der Waals surface area contributed by atoms with Gasteiger partial charge in [0, 0.05) is 17.1 Å². The topological polar surface area (TPSA) is 15.3 Å². The lowest BCUT2D eigenvalue weighted by molar-refractivity contribution is 0.192. The first-order valence-electron chi connectivity index (χ1n) is 7.63. The van der Waals surface area contributed by atoms with Crippen molar-refractivity contribution in [3.63, 3.8) is 0 Å². The highest BCUT2D eigenvalue weighted by Crippen LogP contribution is 2.34. The Hall–Kier alpha value is -0.450. The minimum absolute atomic E-state index is 0.136. The van der Waals surface area contributed by atoms with E-state index in [4.69, 9.17) is 0 Å². The number of nitrogens with one attached hydrogen (secondary N) is 1. The van der Waals surface area contributed by atoms with E-state index in [0.29, 0.717) is 6.04 Å². The van der Waals surface area contributed by atoms with E-state index in [1.54, 1.807) is 6.07 Å². The summed E-state index contributed by atoms with van der Waals surface area (Å²) in [5, 5.41) is 3.42. The molecule has 110 valence electrons. The monoisotopic (exact) mass is 340 g/mol. The van der Waals surface area contributed by atoms with Crippen LogP contribution in [-0.4, -0.2) is 31.1 Å². The van der Waals surface area contributed by atoms with E-state index in [2.05, 4.69) is 32.2 Å². The predicted molar refractivity (Wildman–Crippen MR) is 83.2 cm³/mol. The van der Waals surface area contributed by atoms with E-state index in [9.17, 15) is 4.39 Å². The van der Waals surface area contributed by atoms with Crippen LogP contribution in [0.2, 0.25) is 0 Å². The van der Waals surface area contributed by atoms with Crippen molar-refractivity contribution < 1.29 is 4.39 Å². The minimum atomic E-state index is -0.136. The van der Waals surface area contributed by atoms with Crippen LogP contribution in [0.1, 0.15) is 37.3 Å². The van der Waals surface area contributed by atoms with Gasteiger partial charge in [0.2, 0.25) is 0 Å². The Balaban J connectivity index is 1.71. The summed E-state index contributed by atoms with van der Waals surface area (Å²) in [6.45, 7) is 4.62. The highest BCUT2D eigenvalue weighted by Gasteiger charge is 2.28. The van der Waals surface area contributed by atoms with E-state index in [1.165, 1.54) is 31.9 Å². The molecule has 0 saturated carbocycles. The van der Waals surface area contributed by atoms with Crippen molar-refractivity contribution >= 4 is 15.9 Å². The average molecular weight is 341 g/mol. The zero-order valence-corrected chi connectivity index (χ0v) is 13.3. The summed E-state index contributed by atoms with van der Waals surface area (Å²) in [5.74, 6) is 0.664. The van der Waals surface area contributed by atoms with E-state index in [0.717, 1.165) is 42.0 Å². The first kappa shape index (κ1) is 14.5. The number of halogens is 2. The smallest absolute Gasteiger partial charge is 0.124 e. The van der Waals surface area contributed by atoms with Crippen LogP contribution in [-0.2, 0) is 0 Å². The Labute approximate surface area is 128 Å². The van der Waals surface area contributed by atoms with E-state index >= 15 is 0 Å². The molecule has 3 rings (SSSR count). The molecule has 0 bridgehead atoms. The van der Waals surface area contributed by atoms with Crippen LogP contribution in [0, 0.1) is 11.7 Å². The van der Waals surface area contributed by atoms with Crippen LogP contribution in [0.15, 0.2) is 22.7 Å². The van der Waals surface area contributed by atoms with Crippen molar-refractivity contribution in [1.29, 1.82) is 0 Å². The van der Waals surface area contributed by atoms with Gasteiger partial charge in [-0.3, -0.25) is 4.90 Å². The van der Waals surface area contributed by atoms with Crippen molar-refractivity contribution in [2.45, 2.75) is 31.7 Å². The number of hydrogen-bond acceptors (Lipinski definition) is 2. The fourth-order valence-corrected chi connectivity index (χ4v) is 4.07. The summed E-state index contributed by atoms with van der Waals surface area (Å²) in [4.78, 5) is 2.57. The van der Waals surface area contributed by atoms with Crippen LogP contribution in [0.4, 0.5) is 4.39 Å². The molecule has 2 nitrogen and oxygen atoms in total. The third-order valence-electron chi connectivity index (χ3n) is 4.58. The van der Waals surface area contributed by atoms with E-state index < -0.39 is 0 Å². The van der Waals surface area contributed by atoms with Gasteiger partial charge in [-0.1, -0.05) is 15.9 Å². The normalized spacial score (nSPS) is 25.2. The molecule has 20 heavy (non-hydrogen) atoms. The average Bonchev–Trinajstić information content (AvgIpc) is 2.87. The molecule has 1 N–H and O–H groups in total. The fourth-order valence-electron chi connectivity index (χ4n) is 3.59. The Morgan fingerprint density at radius 2 is 2.00 bits per heavy atom. The van der Waals surface area contributed by atoms with Gasteiger partial charge in [-0.15, -0.1) is 0 Å². The predicted octanol–water partition coefficient (Wildman–Crippen LogP) is 3.72. The van der Waals surface area contributed by atoms with E-state index in [-0.39, 0.29) is 5.82 Å². The van der Waals surface area contributed by atoms with Gasteiger partial charge in [0.05, 0.1) is 0 Å². The van der Waals surface area contributed by atoms with Crippen molar-refractivity contribution in [3.05, 3.63) is 34.1 Å². The second-order valence-electron chi connectivity index (χ2n) is 6.05. The Morgan fingerprint density at radius 3 is 2.75 bits per heavy atom. The zero-order chi connectivity index (χ0) is 13.9. The summed E-state index contributed by atoms with van der Waals surface area (Å²) >= 11 is 3.41. The van der Waals surface area contributed by atoms with Crippen LogP contribution >= 0.6 is 15.9 Å². The molecule has 1 aromatic rings. The largest absolute Gasteiger partial charge is 0.317 e. The third-order valence-corrected chi connectivity index (χ3v) is 5.04. The Morgan fingerprint density at radius 1 is 1.20 bits per heavy atom. The molecular formula is C16H22BrFN2. The van der Waals surface area contributed by atoms with Gasteiger partial charge in [0.25, 0.3) is 0 Å². The summed E-state index contributed by atoms with van der Waals surface area (Å²) in [5.41, 5.74) is 1.13. The van der Waals surface area contributed by atoms with Gasteiger partial charge in [0.1, 0.15) is 5.82 Å². The molecule has 0 spiro atoms. The molecule has 1 atom stereocenters. The van der Waals surface area contributed by atoms with Gasteiger partial charge in [-0.2, -0.15) is 0 Å². The lowest BCUT2D eigenvalue weighted by atomic mass is 9.96. The number of rotatable bonds is 3. The maximum Gasteiger partial charge on any atom is 0.124 e. The van der Waals surface area contributed by atoms with Gasteiger partial charge in [-0.25, -0.2) is 4.39 Å². The van der Waals surface area contributed by atoms with Crippen LogP contribution in [0.25, 0.3) is 0 Å². The third kappa shape index (κ3) is 3.41. The maximum atomic E-state index is 13.6. The van der Waals surface area contributed by atoms with Gasteiger partial charge >= 0.3 is 0 Å². The quantitative estimate of drug-likeness (QED) is 0.901. The minimum Gasteiger partial charge on any atom is -0.317 e. The summed E-state index contributed by atoms with van der Waals surface area (Å²) in [6, 6.07) is 5.72. The molecule has 2 aliphatic rings. The lowest BCUT2D eigenvalue weighted by Gasteiger charge is -2.31. The molecule has 2 fully saturated rings. The highest BCUT2D eigenvalue weighted by molar-refractivity contribution is 9.10. The number of hydrogen-bond donors (Lipinski definition) is 1. The van der Waals surface area contributed by atoms with Crippen molar-refractivity contribution in [2.75, 3.05) is 26.2 Å². The molecular weight excluding hydrogens is 319 g/mol. The SMILES string of the molecule is Fc1cc(Br)cc(C2CCCN2CC2CCNCC2)c1. The molecule has 1 unspecified atom stereocenters. The van der Waals surface area contributed by atoms with E-state index in [1.807, 2.05) is 0 Å². The van der Waals surface area contributed by atoms with Gasteiger partial charge in [-0.05, 0) is 75.0 Å². The Bertz CT molecular complexity index is 440. The number of likely N-dealkylation sites (tertiary alicyclic amines) is 1. The standard InChI is InChI=1S/C16H22BrFN2/c17-14-8-13(9-15(18)10-14)16-2-1-7-20(16)11-12-3-5-19-6-4-12/h8-10,12,16,19H,1-7,11H2. The lowest BCUT2D eigenvalue weighted by Crippen LogP contribution is -2.36. The molecule has 2 saturated heterocycles. The van der Waals surface area contributed by atoms with Gasteiger partial charge in [0.15, 0.2) is 0 Å². The van der Waals surface area contributed by atoms with Crippen molar-refractivity contribution in [3.8, 4) is 0 Å². The fraction of sp³-hybridized carbons (Fsp3) is 0.625. The zero-order valence-electron chi connectivity index (χ0n) is 11.7. The van der Waals surface area contributed by atoms with Gasteiger partial charge < -0.3 is 5.32 Å². The molecule has 0 radical (unpaired) electrons. The van der Waals surface area contributed by atoms with Crippen molar-refractivity contribution in [2.24, 2.45) is 5.92 Å². The Kier molecular flexibility index (Phi) is 4.74. The first-order valence-corrected chi connectivity index (χ1v) is 8.42. The maximum absolute atomic E-state index is 13.6.